The highest BCUT2D eigenvalue weighted by molar-refractivity contribution is 5.90. The third-order valence-electron chi connectivity index (χ3n) is 4.51. The van der Waals surface area contributed by atoms with Crippen molar-refractivity contribution >= 4 is 23.7 Å². The predicted octanol–water partition coefficient (Wildman–Crippen LogP) is 1.96. The van der Waals surface area contributed by atoms with Crippen LogP contribution in [0.1, 0.15) is 38.8 Å². The Bertz CT molecular complexity index is 684. The van der Waals surface area contributed by atoms with Crippen molar-refractivity contribution in [2.24, 2.45) is 10.9 Å². The van der Waals surface area contributed by atoms with Crippen molar-refractivity contribution in [2.75, 3.05) is 38.1 Å². The van der Waals surface area contributed by atoms with Gasteiger partial charge in [0.1, 0.15) is 5.82 Å². The Kier molecular flexibility index (Phi) is 8.71. The number of nitrogens with zero attached hydrogens (tertiary/aromatic N) is 3. The molecule has 8 nitrogen and oxygen atoms in total. The second-order valence-corrected chi connectivity index (χ2v) is 6.71. The van der Waals surface area contributed by atoms with Crippen LogP contribution in [0.4, 0.5) is 5.82 Å². The number of carbonyl (C=O) groups excluding carboxylic acids is 2. The SMILES string of the molecule is CCNC(=NCCC(=O)Nc1cccc(C)n1)N1CCC(C(=O)OCC)CC1. The molecule has 1 aromatic heterocycles. The van der Waals surface area contributed by atoms with Gasteiger partial charge in [0.05, 0.1) is 19.1 Å². The fourth-order valence-corrected chi connectivity index (χ4v) is 3.09. The number of nitrogens with one attached hydrogen (secondary N) is 2. The molecule has 0 aromatic carbocycles. The van der Waals surface area contributed by atoms with Crippen LogP contribution in [0.5, 0.6) is 0 Å². The van der Waals surface area contributed by atoms with E-state index in [-0.39, 0.29) is 24.2 Å². The molecule has 8 heteroatoms. The third kappa shape index (κ3) is 6.83. The zero-order valence-electron chi connectivity index (χ0n) is 17.0. The average molecular weight is 390 g/mol. The summed E-state index contributed by atoms with van der Waals surface area (Å²) in [5.41, 5.74) is 0.858. The molecule has 1 aliphatic heterocycles. The number of esters is 1. The number of aliphatic imine (C=N–C) groups is 1. The number of ether oxygens (including phenoxy) is 1. The highest BCUT2D eigenvalue weighted by Crippen LogP contribution is 2.18. The summed E-state index contributed by atoms with van der Waals surface area (Å²) in [6.07, 6.45) is 1.79. The standard InChI is InChI=1S/C20H31N5O3/c1-4-21-20(25-13-10-16(11-14-25)19(27)28-5-2)22-12-9-18(26)24-17-8-6-7-15(3)23-17/h6-8,16H,4-5,9-14H2,1-3H3,(H,21,22)(H,23,24,26). The van der Waals surface area contributed by atoms with Crippen LogP contribution >= 0.6 is 0 Å². The summed E-state index contributed by atoms with van der Waals surface area (Å²) in [5.74, 6) is 1.09. The third-order valence-corrected chi connectivity index (χ3v) is 4.51. The van der Waals surface area contributed by atoms with Gasteiger partial charge in [0.15, 0.2) is 5.96 Å². The van der Waals surface area contributed by atoms with E-state index >= 15 is 0 Å². The Labute approximate surface area is 166 Å². The average Bonchev–Trinajstić information content (AvgIpc) is 2.67. The van der Waals surface area contributed by atoms with E-state index in [1.54, 1.807) is 6.07 Å². The monoisotopic (exact) mass is 389 g/mol. The summed E-state index contributed by atoms with van der Waals surface area (Å²) in [5, 5.41) is 6.06. The second-order valence-electron chi connectivity index (χ2n) is 6.71. The van der Waals surface area contributed by atoms with Gasteiger partial charge in [0.2, 0.25) is 5.91 Å². The van der Waals surface area contributed by atoms with Crippen LogP contribution < -0.4 is 10.6 Å². The molecule has 2 N–H and O–H groups in total. The lowest BCUT2D eigenvalue weighted by molar-refractivity contribution is -0.149. The van der Waals surface area contributed by atoms with E-state index < -0.39 is 0 Å². The number of hydrogen-bond acceptors (Lipinski definition) is 5. The van der Waals surface area contributed by atoms with Gasteiger partial charge in [-0.1, -0.05) is 6.07 Å². The molecule has 0 spiro atoms. The number of rotatable bonds is 7. The molecule has 1 aromatic rings. The number of aryl methyl sites for hydroxylation is 1. The molecule has 0 radical (unpaired) electrons. The first-order chi connectivity index (χ1) is 13.5. The van der Waals surface area contributed by atoms with Crippen LogP contribution in [0.25, 0.3) is 0 Å². The van der Waals surface area contributed by atoms with Crippen LogP contribution in [-0.4, -0.2) is 60.5 Å². The fraction of sp³-hybridized carbons (Fsp3) is 0.600. The molecule has 2 rings (SSSR count). The lowest BCUT2D eigenvalue weighted by Gasteiger charge is -2.33. The van der Waals surface area contributed by atoms with Crippen molar-refractivity contribution < 1.29 is 14.3 Å². The molecule has 1 fully saturated rings. The molecule has 1 amide bonds. The van der Waals surface area contributed by atoms with Crippen LogP contribution in [0.15, 0.2) is 23.2 Å². The number of piperidine rings is 1. The Hall–Kier alpha value is -2.64. The van der Waals surface area contributed by atoms with E-state index in [9.17, 15) is 9.59 Å². The molecule has 154 valence electrons. The second kappa shape index (κ2) is 11.3. The largest absolute Gasteiger partial charge is 0.466 e. The molecule has 0 saturated carbocycles. The van der Waals surface area contributed by atoms with Crippen LogP contribution in [0, 0.1) is 12.8 Å². The lowest BCUT2D eigenvalue weighted by atomic mass is 9.97. The molecule has 28 heavy (non-hydrogen) atoms. The van der Waals surface area contributed by atoms with Gasteiger partial charge in [0.25, 0.3) is 0 Å². The van der Waals surface area contributed by atoms with Crippen LogP contribution in [0.2, 0.25) is 0 Å². The summed E-state index contributed by atoms with van der Waals surface area (Å²) < 4.78 is 5.12. The van der Waals surface area contributed by atoms with Crippen molar-refractivity contribution in [3.05, 3.63) is 23.9 Å². The first kappa shape index (κ1) is 21.7. The smallest absolute Gasteiger partial charge is 0.309 e. The van der Waals surface area contributed by atoms with Gasteiger partial charge < -0.3 is 20.3 Å². The number of pyridine rings is 1. The van der Waals surface area contributed by atoms with Gasteiger partial charge in [-0.15, -0.1) is 0 Å². The van der Waals surface area contributed by atoms with Gasteiger partial charge >= 0.3 is 5.97 Å². The molecule has 0 bridgehead atoms. The Balaban J connectivity index is 1.83. The minimum absolute atomic E-state index is 0.0355. The van der Waals surface area contributed by atoms with Gasteiger partial charge in [0, 0.05) is 31.7 Å². The molecule has 0 unspecified atom stereocenters. The lowest BCUT2D eigenvalue weighted by Crippen LogP contribution is -2.46. The highest BCUT2D eigenvalue weighted by Gasteiger charge is 2.27. The first-order valence-corrected chi connectivity index (χ1v) is 9.96. The van der Waals surface area contributed by atoms with E-state index in [2.05, 4.69) is 25.5 Å². The first-order valence-electron chi connectivity index (χ1n) is 9.96. The zero-order chi connectivity index (χ0) is 20.4. The van der Waals surface area contributed by atoms with E-state index in [1.807, 2.05) is 32.9 Å². The number of guanidine groups is 1. The van der Waals surface area contributed by atoms with Crippen LogP contribution in [0.3, 0.4) is 0 Å². The van der Waals surface area contributed by atoms with Gasteiger partial charge in [-0.2, -0.15) is 0 Å². The van der Waals surface area contributed by atoms with Gasteiger partial charge in [-0.3, -0.25) is 14.6 Å². The van der Waals surface area contributed by atoms with Crippen molar-refractivity contribution in [2.45, 2.75) is 40.0 Å². The zero-order valence-corrected chi connectivity index (χ0v) is 17.0. The predicted molar refractivity (Wildman–Crippen MR) is 109 cm³/mol. The van der Waals surface area contributed by atoms with E-state index in [0.717, 1.165) is 44.1 Å². The summed E-state index contributed by atoms with van der Waals surface area (Å²) in [4.78, 5) is 35.0. The Morgan fingerprint density at radius 1 is 1.29 bits per heavy atom. The number of hydrogen-bond donors (Lipinski definition) is 2. The maximum atomic E-state index is 12.1. The quantitative estimate of drug-likeness (QED) is 0.420. The maximum Gasteiger partial charge on any atom is 0.309 e. The molecule has 2 heterocycles. The molecule has 0 atom stereocenters. The molecule has 1 saturated heterocycles. The molecular weight excluding hydrogens is 358 g/mol. The minimum atomic E-state index is -0.112. The highest BCUT2D eigenvalue weighted by atomic mass is 16.5. The summed E-state index contributed by atoms with van der Waals surface area (Å²) in [6, 6.07) is 5.51. The molecular formula is C20H31N5O3. The maximum absolute atomic E-state index is 12.1. The summed E-state index contributed by atoms with van der Waals surface area (Å²) in [7, 11) is 0. The number of carbonyl (C=O) groups is 2. The van der Waals surface area contributed by atoms with Crippen molar-refractivity contribution in [3.8, 4) is 0 Å². The van der Waals surface area contributed by atoms with E-state index in [4.69, 9.17) is 4.74 Å². The number of likely N-dealkylation sites (tertiary alicyclic amines) is 1. The number of aromatic nitrogens is 1. The van der Waals surface area contributed by atoms with Crippen LogP contribution in [-0.2, 0) is 14.3 Å². The number of amides is 1. The normalized spacial score (nSPS) is 15.2. The van der Waals surface area contributed by atoms with Gasteiger partial charge in [-0.25, -0.2) is 4.98 Å². The van der Waals surface area contributed by atoms with Crippen molar-refractivity contribution in [3.63, 3.8) is 0 Å². The Morgan fingerprint density at radius 2 is 2.04 bits per heavy atom. The topological polar surface area (TPSA) is 95.9 Å². The molecule has 1 aliphatic rings. The van der Waals surface area contributed by atoms with E-state index in [1.165, 1.54) is 0 Å². The van der Waals surface area contributed by atoms with Crippen molar-refractivity contribution in [1.29, 1.82) is 0 Å². The molecule has 0 aliphatic carbocycles. The number of anilines is 1. The summed E-state index contributed by atoms with van der Waals surface area (Å²) in [6.45, 7) is 8.76. The van der Waals surface area contributed by atoms with E-state index in [0.29, 0.717) is 19.0 Å². The fourth-order valence-electron chi connectivity index (χ4n) is 3.09. The Morgan fingerprint density at radius 3 is 2.68 bits per heavy atom. The van der Waals surface area contributed by atoms with Gasteiger partial charge in [-0.05, 0) is 45.7 Å². The minimum Gasteiger partial charge on any atom is -0.466 e. The summed E-state index contributed by atoms with van der Waals surface area (Å²) >= 11 is 0. The van der Waals surface area contributed by atoms with Crippen molar-refractivity contribution in [1.82, 2.24) is 15.2 Å².